The Morgan fingerprint density at radius 2 is 2.36 bits per heavy atom. The molecule has 0 saturated carbocycles. The van der Waals surface area contributed by atoms with E-state index in [2.05, 4.69) is 12.0 Å². The number of aromatic hydroxyl groups is 1. The number of nitrogens with zero attached hydrogens (tertiary/aromatic N) is 2. The van der Waals surface area contributed by atoms with E-state index >= 15 is 0 Å². The van der Waals surface area contributed by atoms with Crippen molar-refractivity contribution < 1.29 is 5.11 Å². The number of aryl methyl sites for hydroxylation is 2. The quantitative estimate of drug-likeness (QED) is 0.715. The fraction of sp³-hybridized carbons (Fsp3) is 0.625. The standard InChI is InChI=1S/C8H14N2O/c1-3-4-5-7-6-9-10(2)8(7)11/h6,11H,3-5H2,1-2H3. The van der Waals surface area contributed by atoms with E-state index in [1.807, 2.05) is 0 Å². The number of hydrogen-bond acceptors (Lipinski definition) is 2. The van der Waals surface area contributed by atoms with Crippen LogP contribution < -0.4 is 0 Å². The van der Waals surface area contributed by atoms with Crippen LogP contribution in [-0.4, -0.2) is 14.9 Å². The highest BCUT2D eigenvalue weighted by Gasteiger charge is 2.04. The second-order valence-electron chi connectivity index (χ2n) is 2.72. The predicted octanol–water partition coefficient (Wildman–Crippen LogP) is 1.47. The van der Waals surface area contributed by atoms with Gasteiger partial charge < -0.3 is 5.11 Å². The van der Waals surface area contributed by atoms with Crippen molar-refractivity contribution in [2.75, 3.05) is 0 Å². The lowest BCUT2D eigenvalue weighted by Gasteiger charge is -1.96. The van der Waals surface area contributed by atoms with Crippen molar-refractivity contribution in [1.82, 2.24) is 9.78 Å². The summed E-state index contributed by atoms with van der Waals surface area (Å²) >= 11 is 0. The van der Waals surface area contributed by atoms with Gasteiger partial charge in [-0.3, -0.25) is 0 Å². The second kappa shape index (κ2) is 3.42. The van der Waals surface area contributed by atoms with Crippen LogP contribution in [0.1, 0.15) is 25.3 Å². The number of hydrogen-bond donors (Lipinski definition) is 1. The first kappa shape index (κ1) is 8.11. The van der Waals surface area contributed by atoms with E-state index in [-0.39, 0.29) is 0 Å². The average molecular weight is 154 g/mol. The first-order valence-corrected chi connectivity index (χ1v) is 3.95. The third-order valence-electron chi connectivity index (χ3n) is 1.78. The summed E-state index contributed by atoms with van der Waals surface area (Å²) in [5.74, 6) is 0.304. The zero-order valence-electron chi connectivity index (χ0n) is 7.04. The minimum atomic E-state index is 0.304. The van der Waals surface area contributed by atoms with Crippen molar-refractivity contribution in [1.29, 1.82) is 0 Å². The van der Waals surface area contributed by atoms with Crippen LogP contribution in [0.25, 0.3) is 0 Å². The van der Waals surface area contributed by atoms with Gasteiger partial charge in [-0.05, 0) is 12.8 Å². The van der Waals surface area contributed by atoms with Crippen molar-refractivity contribution in [3.05, 3.63) is 11.8 Å². The molecule has 3 nitrogen and oxygen atoms in total. The van der Waals surface area contributed by atoms with E-state index in [1.165, 1.54) is 4.68 Å². The molecule has 0 saturated heterocycles. The molecule has 1 rings (SSSR count). The Bertz CT molecular complexity index is 230. The number of rotatable bonds is 3. The molecule has 0 fully saturated rings. The predicted molar refractivity (Wildman–Crippen MR) is 43.5 cm³/mol. The first-order valence-electron chi connectivity index (χ1n) is 3.95. The van der Waals surface area contributed by atoms with Gasteiger partial charge in [0.15, 0.2) is 0 Å². The van der Waals surface area contributed by atoms with Gasteiger partial charge in [0.25, 0.3) is 0 Å². The molecule has 11 heavy (non-hydrogen) atoms. The molecule has 0 unspecified atom stereocenters. The van der Waals surface area contributed by atoms with E-state index in [0.29, 0.717) is 5.88 Å². The summed E-state index contributed by atoms with van der Waals surface area (Å²) in [6.45, 7) is 2.13. The molecule has 1 aromatic rings. The Balaban J connectivity index is 2.63. The maximum Gasteiger partial charge on any atom is 0.212 e. The van der Waals surface area contributed by atoms with Crippen LogP contribution in [0.3, 0.4) is 0 Å². The monoisotopic (exact) mass is 154 g/mol. The molecule has 0 aliphatic rings. The van der Waals surface area contributed by atoms with E-state index in [1.54, 1.807) is 13.2 Å². The minimum absolute atomic E-state index is 0.304. The van der Waals surface area contributed by atoms with E-state index in [0.717, 1.165) is 24.8 Å². The Kier molecular flexibility index (Phi) is 2.52. The van der Waals surface area contributed by atoms with Gasteiger partial charge in [-0.1, -0.05) is 13.3 Å². The van der Waals surface area contributed by atoms with Crippen molar-refractivity contribution >= 4 is 0 Å². The molecule has 0 spiro atoms. The van der Waals surface area contributed by atoms with Gasteiger partial charge in [0, 0.05) is 12.6 Å². The van der Waals surface area contributed by atoms with E-state index < -0.39 is 0 Å². The second-order valence-corrected chi connectivity index (χ2v) is 2.72. The maximum atomic E-state index is 9.36. The zero-order chi connectivity index (χ0) is 8.27. The van der Waals surface area contributed by atoms with Crippen LogP contribution in [0, 0.1) is 0 Å². The lowest BCUT2D eigenvalue weighted by molar-refractivity contribution is 0.413. The van der Waals surface area contributed by atoms with Crippen LogP contribution >= 0.6 is 0 Å². The van der Waals surface area contributed by atoms with Crippen LogP contribution in [0.2, 0.25) is 0 Å². The van der Waals surface area contributed by atoms with E-state index in [9.17, 15) is 5.11 Å². The molecule has 1 heterocycles. The topological polar surface area (TPSA) is 38.0 Å². The van der Waals surface area contributed by atoms with Gasteiger partial charge in [-0.15, -0.1) is 0 Å². The van der Waals surface area contributed by atoms with Gasteiger partial charge in [0.05, 0.1) is 6.20 Å². The summed E-state index contributed by atoms with van der Waals surface area (Å²) in [6.07, 6.45) is 4.91. The van der Waals surface area contributed by atoms with Gasteiger partial charge in [0.1, 0.15) is 0 Å². The van der Waals surface area contributed by atoms with Crippen LogP contribution in [0.5, 0.6) is 5.88 Å². The third-order valence-corrected chi connectivity index (χ3v) is 1.78. The van der Waals surface area contributed by atoms with Crippen molar-refractivity contribution in [3.8, 4) is 5.88 Å². The first-order chi connectivity index (χ1) is 5.25. The molecule has 1 aromatic heterocycles. The molecule has 0 atom stereocenters. The molecule has 0 radical (unpaired) electrons. The summed E-state index contributed by atoms with van der Waals surface area (Å²) in [6, 6.07) is 0. The summed E-state index contributed by atoms with van der Waals surface area (Å²) < 4.78 is 1.49. The lowest BCUT2D eigenvalue weighted by atomic mass is 10.1. The molecular weight excluding hydrogens is 140 g/mol. The largest absolute Gasteiger partial charge is 0.493 e. The van der Waals surface area contributed by atoms with Gasteiger partial charge in [0.2, 0.25) is 5.88 Å². The molecule has 0 amide bonds. The maximum absolute atomic E-state index is 9.36. The molecule has 1 N–H and O–H groups in total. The zero-order valence-corrected chi connectivity index (χ0v) is 7.04. The van der Waals surface area contributed by atoms with Crippen molar-refractivity contribution in [2.45, 2.75) is 26.2 Å². The Morgan fingerprint density at radius 3 is 2.82 bits per heavy atom. The van der Waals surface area contributed by atoms with Crippen molar-refractivity contribution in [3.63, 3.8) is 0 Å². The molecule has 0 bridgehead atoms. The third kappa shape index (κ3) is 1.73. The Morgan fingerprint density at radius 1 is 1.64 bits per heavy atom. The number of aromatic nitrogens is 2. The summed E-state index contributed by atoms with van der Waals surface area (Å²) in [4.78, 5) is 0. The highest BCUT2D eigenvalue weighted by atomic mass is 16.3. The molecule has 0 aliphatic heterocycles. The Hall–Kier alpha value is -0.990. The van der Waals surface area contributed by atoms with Gasteiger partial charge >= 0.3 is 0 Å². The average Bonchev–Trinajstić information content (AvgIpc) is 2.31. The highest BCUT2D eigenvalue weighted by molar-refractivity contribution is 5.22. The smallest absolute Gasteiger partial charge is 0.212 e. The van der Waals surface area contributed by atoms with Gasteiger partial charge in [-0.25, -0.2) is 4.68 Å². The normalized spacial score (nSPS) is 10.4. The van der Waals surface area contributed by atoms with Crippen LogP contribution in [0.15, 0.2) is 6.20 Å². The van der Waals surface area contributed by atoms with Crippen LogP contribution in [-0.2, 0) is 13.5 Å². The minimum Gasteiger partial charge on any atom is -0.493 e. The summed E-state index contributed by atoms with van der Waals surface area (Å²) in [5, 5.41) is 13.3. The molecule has 62 valence electrons. The Labute approximate surface area is 66.7 Å². The number of unbranched alkanes of at least 4 members (excludes halogenated alkanes) is 1. The fourth-order valence-corrected chi connectivity index (χ4v) is 1.02. The van der Waals surface area contributed by atoms with Crippen LogP contribution in [0.4, 0.5) is 0 Å². The van der Waals surface area contributed by atoms with Crippen molar-refractivity contribution in [2.24, 2.45) is 7.05 Å². The summed E-state index contributed by atoms with van der Waals surface area (Å²) in [5.41, 5.74) is 0.953. The fourth-order valence-electron chi connectivity index (χ4n) is 1.02. The summed E-state index contributed by atoms with van der Waals surface area (Å²) in [7, 11) is 1.74. The molecule has 3 heteroatoms. The lowest BCUT2D eigenvalue weighted by Crippen LogP contribution is -1.88. The SMILES string of the molecule is CCCCc1cnn(C)c1O. The van der Waals surface area contributed by atoms with Gasteiger partial charge in [-0.2, -0.15) is 5.10 Å². The van der Waals surface area contributed by atoms with E-state index in [4.69, 9.17) is 0 Å². The molecule has 0 aromatic carbocycles. The molecule has 0 aliphatic carbocycles. The highest BCUT2D eigenvalue weighted by Crippen LogP contribution is 2.16. The molecular formula is C8H14N2O.